The van der Waals surface area contributed by atoms with Crippen LogP contribution in [0.25, 0.3) is 22.2 Å². The van der Waals surface area contributed by atoms with Gasteiger partial charge in [-0.3, -0.25) is 9.89 Å². The molecule has 8 nitrogen and oxygen atoms in total. The van der Waals surface area contributed by atoms with Gasteiger partial charge in [-0.15, -0.1) is 0 Å². The number of hydrogen-bond acceptors (Lipinski definition) is 6. The van der Waals surface area contributed by atoms with Gasteiger partial charge in [0.1, 0.15) is 0 Å². The van der Waals surface area contributed by atoms with Gasteiger partial charge < -0.3 is 15.0 Å². The van der Waals surface area contributed by atoms with Crippen LogP contribution in [0.3, 0.4) is 0 Å². The maximum absolute atomic E-state index is 13.4. The van der Waals surface area contributed by atoms with Crippen LogP contribution in [0.4, 0.5) is 5.69 Å². The lowest BCUT2D eigenvalue weighted by Crippen LogP contribution is -2.54. The van der Waals surface area contributed by atoms with E-state index in [2.05, 4.69) is 54.6 Å². The summed E-state index contributed by atoms with van der Waals surface area (Å²) in [5, 5.41) is 11.9. The van der Waals surface area contributed by atoms with Crippen LogP contribution in [-0.2, 0) is 4.74 Å². The molecule has 7 rings (SSSR count). The van der Waals surface area contributed by atoms with E-state index in [4.69, 9.17) is 4.74 Å². The minimum absolute atomic E-state index is 0.108. The van der Waals surface area contributed by atoms with E-state index in [0.717, 1.165) is 73.1 Å². The summed E-state index contributed by atoms with van der Waals surface area (Å²) in [6.07, 6.45) is 8.01. The monoisotopic (exact) mass is 508 g/mol. The molecule has 0 radical (unpaired) electrons. The standard InChI is InChI=1S/C30H32N6O2/c37-30(33-28(19-4-1-2-5-19)29-31-12-3-13-32-29)21-8-11-26-25(14-21)27(35-34-26)20-6-9-24(10-7-20)36-15-22(16-36)23-17-38-18-23/h3,6-14,19,22-23,28H,1-2,4-5,15-18H2,(H,33,37)(H,34,35)/t28-/m1/s1. The smallest absolute Gasteiger partial charge is 0.251 e. The van der Waals surface area contributed by atoms with Crippen molar-refractivity contribution in [1.29, 1.82) is 0 Å². The summed E-state index contributed by atoms with van der Waals surface area (Å²) in [6, 6.07) is 15.9. The second-order valence-corrected chi connectivity index (χ2v) is 10.9. The van der Waals surface area contributed by atoms with E-state index in [1.54, 1.807) is 12.4 Å². The summed E-state index contributed by atoms with van der Waals surface area (Å²) in [4.78, 5) is 24.8. The zero-order valence-electron chi connectivity index (χ0n) is 21.3. The van der Waals surface area contributed by atoms with E-state index in [-0.39, 0.29) is 11.9 Å². The summed E-state index contributed by atoms with van der Waals surface area (Å²) in [5.74, 6) is 2.43. The fourth-order valence-corrected chi connectivity index (χ4v) is 6.13. The van der Waals surface area contributed by atoms with Crippen LogP contribution in [0.1, 0.15) is 47.9 Å². The molecule has 2 aromatic carbocycles. The maximum Gasteiger partial charge on any atom is 0.251 e. The van der Waals surface area contributed by atoms with Crippen molar-refractivity contribution in [2.24, 2.45) is 17.8 Å². The number of H-pyrrole nitrogens is 1. The Hall–Kier alpha value is -3.78. The van der Waals surface area contributed by atoms with Crippen LogP contribution in [0.5, 0.6) is 0 Å². The van der Waals surface area contributed by atoms with Crippen molar-refractivity contribution >= 4 is 22.5 Å². The van der Waals surface area contributed by atoms with Crippen LogP contribution < -0.4 is 10.2 Å². The highest BCUT2D eigenvalue weighted by molar-refractivity contribution is 6.01. The number of anilines is 1. The fourth-order valence-electron chi connectivity index (χ4n) is 6.13. The van der Waals surface area contributed by atoms with E-state index in [1.807, 2.05) is 24.3 Å². The predicted octanol–water partition coefficient (Wildman–Crippen LogP) is 4.76. The zero-order chi connectivity index (χ0) is 25.5. The number of nitrogens with one attached hydrogen (secondary N) is 2. The van der Waals surface area contributed by atoms with Gasteiger partial charge in [-0.1, -0.05) is 25.0 Å². The quantitative estimate of drug-likeness (QED) is 0.374. The van der Waals surface area contributed by atoms with E-state index in [0.29, 0.717) is 17.3 Å². The summed E-state index contributed by atoms with van der Waals surface area (Å²) in [6.45, 7) is 4.05. The van der Waals surface area contributed by atoms with Crippen LogP contribution in [0, 0.1) is 17.8 Å². The van der Waals surface area contributed by atoms with Gasteiger partial charge in [0, 0.05) is 59.5 Å². The molecule has 38 heavy (non-hydrogen) atoms. The molecule has 0 bridgehead atoms. The molecule has 2 saturated heterocycles. The number of aromatic amines is 1. The van der Waals surface area contributed by atoms with E-state index in [9.17, 15) is 4.79 Å². The number of aromatic nitrogens is 4. The number of benzene rings is 2. The summed E-state index contributed by atoms with van der Waals surface area (Å²) in [7, 11) is 0. The van der Waals surface area contributed by atoms with Crippen molar-refractivity contribution in [3.05, 3.63) is 72.3 Å². The number of carbonyl (C=O) groups is 1. The second-order valence-electron chi connectivity index (χ2n) is 10.9. The Morgan fingerprint density at radius 3 is 2.47 bits per heavy atom. The topological polar surface area (TPSA) is 96.0 Å². The highest BCUT2D eigenvalue weighted by atomic mass is 16.5. The third-order valence-corrected chi connectivity index (χ3v) is 8.59. The molecule has 4 aromatic rings. The Balaban J connectivity index is 1.10. The van der Waals surface area contributed by atoms with Crippen LogP contribution >= 0.6 is 0 Å². The first-order valence-corrected chi connectivity index (χ1v) is 13.7. The average Bonchev–Trinajstić information content (AvgIpc) is 3.59. The van der Waals surface area contributed by atoms with Gasteiger partial charge in [0.25, 0.3) is 5.91 Å². The largest absolute Gasteiger partial charge is 0.381 e. The normalized spacial score (nSPS) is 19.3. The molecule has 2 aromatic heterocycles. The molecule has 8 heteroatoms. The Labute approximate surface area is 221 Å². The third-order valence-electron chi connectivity index (χ3n) is 8.59. The van der Waals surface area contributed by atoms with Crippen molar-refractivity contribution in [2.45, 2.75) is 31.7 Å². The van der Waals surface area contributed by atoms with Crippen molar-refractivity contribution in [3.8, 4) is 11.3 Å². The van der Waals surface area contributed by atoms with Crippen LogP contribution in [-0.4, -0.2) is 52.4 Å². The minimum Gasteiger partial charge on any atom is -0.381 e. The third kappa shape index (κ3) is 4.32. The Kier molecular flexibility index (Phi) is 6.04. The molecule has 0 unspecified atom stereocenters. The molecule has 1 atom stereocenters. The SMILES string of the molecule is O=C(N[C@@H](c1ncccn1)C1CCCC1)c1ccc2[nH]nc(-c3ccc(N4CC(C5COC5)C4)cc3)c2c1. The van der Waals surface area contributed by atoms with Crippen molar-refractivity contribution in [1.82, 2.24) is 25.5 Å². The van der Waals surface area contributed by atoms with Gasteiger partial charge in [0.15, 0.2) is 5.82 Å². The number of hydrogen-bond donors (Lipinski definition) is 2. The molecule has 1 saturated carbocycles. The van der Waals surface area contributed by atoms with Crippen molar-refractivity contribution < 1.29 is 9.53 Å². The first kappa shape index (κ1) is 23.3. The van der Waals surface area contributed by atoms with Crippen molar-refractivity contribution in [3.63, 3.8) is 0 Å². The number of amides is 1. The Bertz CT molecular complexity index is 1420. The van der Waals surface area contributed by atoms with E-state index in [1.165, 1.54) is 18.5 Å². The fraction of sp³-hybridized carbons (Fsp3) is 0.400. The first-order valence-electron chi connectivity index (χ1n) is 13.7. The molecule has 2 N–H and O–H groups in total. The Morgan fingerprint density at radius 1 is 1.00 bits per heavy atom. The maximum atomic E-state index is 13.4. The molecule has 4 heterocycles. The minimum atomic E-state index is -0.184. The highest BCUT2D eigenvalue weighted by Crippen LogP contribution is 2.36. The number of fused-ring (bicyclic) bond motifs is 1. The van der Waals surface area contributed by atoms with Gasteiger partial charge in [-0.25, -0.2) is 9.97 Å². The average molecular weight is 509 g/mol. The predicted molar refractivity (Wildman–Crippen MR) is 146 cm³/mol. The summed E-state index contributed by atoms with van der Waals surface area (Å²) < 4.78 is 5.35. The number of nitrogens with zero attached hydrogens (tertiary/aromatic N) is 4. The number of rotatable bonds is 7. The first-order chi connectivity index (χ1) is 18.7. The molecular formula is C30H32N6O2. The molecule has 3 aliphatic rings. The highest BCUT2D eigenvalue weighted by Gasteiger charge is 2.37. The van der Waals surface area contributed by atoms with Gasteiger partial charge in [-0.2, -0.15) is 5.10 Å². The van der Waals surface area contributed by atoms with E-state index >= 15 is 0 Å². The van der Waals surface area contributed by atoms with Crippen molar-refractivity contribution in [2.75, 3.05) is 31.2 Å². The lowest BCUT2D eigenvalue weighted by atomic mass is 9.84. The molecule has 0 spiro atoms. The van der Waals surface area contributed by atoms with Crippen LogP contribution in [0.15, 0.2) is 60.9 Å². The molecule has 2 aliphatic heterocycles. The molecule has 1 aliphatic carbocycles. The van der Waals surface area contributed by atoms with Crippen LogP contribution in [0.2, 0.25) is 0 Å². The number of carbonyl (C=O) groups excluding carboxylic acids is 1. The molecular weight excluding hydrogens is 476 g/mol. The van der Waals surface area contributed by atoms with E-state index < -0.39 is 0 Å². The Morgan fingerprint density at radius 2 is 1.76 bits per heavy atom. The molecule has 3 fully saturated rings. The van der Waals surface area contributed by atoms with Gasteiger partial charge in [0.2, 0.25) is 0 Å². The molecule has 1 amide bonds. The van der Waals surface area contributed by atoms with Gasteiger partial charge in [0.05, 0.1) is 30.5 Å². The summed E-state index contributed by atoms with van der Waals surface area (Å²) >= 11 is 0. The number of ether oxygens (including phenoxy) is 1. The molecule has 194 valence electrons. The summed E-state index contributed by atoms with van der Waals surface area (Å²) in [5.41, 5.74) is 4.65. The lowest BCUT2D eigenvalue weighted by molar-refractivity contribution is -0.0659. The van der Waals surface area contributed by atoms with Gasteiger partial charge >= 0.3 is 0 Å². The second kappa shape index (κ2) is 9.83. The lowest BCUT2D eigenvalue weighted by Gasteiger charge is -2.47. The van der Waals surface area contributed by atoms with Gasteiger partial charge in [-0.05, 0) is 55.2 Å². The zero-order valence-corrected chi connectivity index (χ0v) is 21.3.